The molecule has 0 aliphatic heterocycles. The number of nitrogens with one attached hydrogen (secondary N) is 1. The Labute approximate surface area is 172 Å². The van der Waals surface area contributed by atoms with E-state index in [1.54, 1.807) is 6.92 Å². The predicted molar refractivity (Wildman–Crippen MR) is 109 cm³/mol. The fourth-order valence-corrected chi connectivity index (χ4v) is 4.05. The largest absolute Gasteiger partial charge is 0.351 e. The molecule has 0 spiro atoms. The summed E-state index contributed by atoms with van der Waals surface area (Å²) in [5.41, 5.74) is 0.526. The normalized spacial score (nSPS) is 19.8. The molecule has 1 aromatic carbocycles. The van der Waals surface area contributed by atoms with Gasteiger partial charge in [0, 0.05) is 12.1 Å². The second kappa shape index (κ2) is 7.84. The Morgan fingerprint density at radius 2 is 1.76 bits per heavy atom. The van der Waals surface area contributed by atoms with Crippen LogP contribution in [0.4, 0.5) is 14.7 Å². The quantitative estimate of drug-likeness (QED) is 0.681. The predicted octanol–water partition coefficient (Wildman–Crippen LogP) is 4.32. The van der Waals surface area contributed by atoms with Crippen LogP contribution in [0, 0.1) is 18.6 Å². The highest BCUT2D eigenvalue weighted by molar-refractivity contribution is 6.33. The van der Waals surface area contributed by atoms with Crippen molar-refractivity contribution in [2.45, 2.75) is 44.7 Å². The summed E-state index contributed by atoms with van der Waals surface area (Å²) in [5, 5.41) is 7.90. The van der Waals surface area contributed by atoms with Gasteiger partial charge in [-0.15, -0.1) is 0 Å². The molecule has 4 rings (SSSR count). The first-order valence-corrected chi connectivity index (χ1v) is 10.0. The summed E-state index contributed by atoms with van der Waals surface area (Å²) < 4.78 is 30.5. The lowest BCUT2D eigenvalue weighted by molar-refractivity contribution is 0.221. The third kappa shape index (κ3) is 3.91. The zero-order chi connectivity index (χ0) is 20.7. The van der Waals surface area contributed by atoms with Gasteiger partial charge in [-0.1, -0.05) is 11.6 Å². The molecular weight excluding hydrogens is 398 g/mol. The van der Waals surface area contributed by atoms with Gasteiger partial charge in [0.1, 0.15) is 16.7 Å². The summed E-state index contributed by atoms with van der Waals surface area (Å²) in [4.78, 5) is 10.9. The van der Waals surface area contributed by atoms with Gasteiger partial charge >= 0.3 is 0 Å². The highest BCUT2D eigenvalue weighted by Crippen LogP contribution is 2.29. The van der Waals surface area contributed by atoms with E-state index in [1.165, 1.54) is 22.8 Å². The van der Waals surface area contributed by atoms with Crippen molar-refractivity contribution in [3.63, 3.8) is 0 Å². The first-order chi connectivity index (χ1) is 13.8. The SMILES string of the molecule is Cc1cc(F)c(-c2nc(NC3CCC(N(C)C)CC3)n3ncc(Cl)c3n2)c(F)c1. The van der Waals surface area contributed by atoms with Crippen molar-refractivity contribution in [3.8, 4) is 11.4 Å². The summed E-state index contributed by atoms with van der Waals surface area (Å²) in [7, 11) is 4.18. The third-order valence-electron chi connectivity index (χ3n) is 5.50. The minimum atomic E-state index is -0.708. The molecule has 6 nitrogen and oxygen atoms in total. The molecule has 0 saturated heterocycles. The third-order valence-corrected chi connectivity index (χ3v) is 5.76. The lowest BCUT2D eigenvalue weighted by Gasteiger charge is -2.33. The van der Waals surface area contributed by atoms with Gasteiger partial charge in [-0.05, 0) is 64.4 Å². The van der Waals surface area contributed by atoms with Crippen LogP contribution >= 0.6 is 11.6 Å². The van der Waals surface area contributed by atoms with E-state index in [2.05, 4.69) is 39.4 Å². The Kier molecular flexibility index (Phi) is 5.40. The monoisotopic (exact) mass is 420 g/mol. The second-order valence-corrected chi connectivity index (χ2v) is 8.22. The minimum Gasteiger partial charge on any atom is -0.351 e. The van der Waals surface area contributed by atoms with Gasteiger partial charge in [-0.2, -0.15) is 14.6 Å². The first-order valence-electron chi connectivity index (χ1n) is 9.63. The summed E-state index contributed by atoms with van der Waals surface area (Å²) >= 11 is 6.21. The fraction of sp³-hybridized carbons (Fsp3) is 0.450. The molecular formula is C20H23ClF2N6. The number of hydrogen-bond acceptors (Lipinski definition) is 5. The summed E-state index contributed by atoms with van der Waals surface area (Å²) in [5.74, 6) is -1.09. The van der Waals surface area contributed by atoms with E-state index in [9.17, 15) is 8.78 Å². The van der Waals surface area contributed by atoms with E-state index < -0.39 is 11.6 Å². The average Bonchev–Trinajstić information content (AvgIpc) is 3.03. The van der Waals surface area contributed by atoms with Gasteiger partial charge in [0.15, 0.2) is 11.5 Å². The molecule has 3 aromatic rings. The van der Waals surface area contributed by atoms with E-state index in [4.69, 9.17) is 11.6 Å². The molecule has 1 fully saturated rings. The summed E-state index contributed by atoms with van der Waals surface area (Å²) in [6, 6.07) is 3.27. The Balaban J connectivity index is 1.72. The highest BCUT2D eigenvalue weighted by atomic mass is 35.5. The first kappa shape index (κ1) is 20.0. The van der Waals surface area contributed by atoms with Crippen molar-refractivity contribution >= 4 is 23.2 Å². The van der Waals surface area contributed by atoms with Crippen LogP contribution in [0.25, 0.3) is 17.0 Å². The van der Waals surface area contributed by atoms with Gasteiger partial charge in [0.2, 0.25) is 5.95 Å². The molecule has 0 radical (unpaired) electrons. The van der Waals surface area contributed by atoms with Gasteiger partial charge in [0.25, 0.3) is 0 Å². The van der Waals surface area contributed by atoms with Crippen LogP contribution < -0.4 is 5.32 Å². The summed E-state index contributed by atoms with van der Waals surface area (Å²) in [6.07, 6.45) is 5.50. The van der Waals surface area contributed by atoms with Gasteiger partial charge < -0.3 is 10.2 Å². The summed E-state index contributed by atoms with van der Waals surface area (Å²) in [6.45, 7) is 1.63. The zero-order valence-electron chi connectivity index (χ0n) is 16.6. The Morgan fingerprint density at radius 1 is 1.10 bits per heavy atom. The topological polar surface area (TPSA) is 58.4 Å². The fourth-order valence-electron chi connectivity index (χ4n) is 3.89. The lowest BCUT2D eigenvalue weighted by atomic mass is 9.91. The van der Waals surface area contributed by atoms with Crippen molar-refractivity contribution in [2.24, 2.45) is 0 Å². The number of aromatic nitrogens is 4. The zero-order valence-corrected chi connectivity index (χ0v) is 17.3. The molecule has 1 saturated carbocycles. The molecule has 1 aliphatic rings. The molecule has 154 valence electrons. The van der Waals surface area contributed by atoms with Gasteiger partial charge in [0.05, 0.1) is 11.8 Å². The number of fused-ring (bicyclic) bond motifs is 1. The number of benzene rings is 1. The number of aryl methyl sites for hydroxylation is 1. The molecule has 2 heterocycles. The van der Waals surface area contributed by atoms with Gasteiger partial charge in [-0.3, -0.25) is 0 Å². The number of rotatable bonds is 4. The molecule has 1 N–H and O–H groups in total. The molecule has 0 unspecified atom stereocenters. The van der Waals surface area contributed by atoms with E-state index >= 15 is 0 Å². The van der Waals surface area contributed by atoms with Crippen molar-refractivity contribution in [1.82, 2.24) is 24.5 Å². The molecule has 0 amide bonds. The van der Waals surface area contributed by atoms with Crippen LogP contribution in [0.3, 0.4) is 0 Å². The van der Waals surface area contributed by atoms with Crippen LogP contribution in [0.1, 0.15) is 31.2 Å². The van der Waals surface area contributed by atoms with Crippen molar-refractivity contribution in [2.75, 3.05) is 19.4 Å². The average molecular weight is 421 g/mol. The number of halogens is 3. The van der Waals surface area contributed by atoms with E-state index in [-0.39, 0.29) is 17.4 Å². The maximum Gasteiger partial charge on any atom is 0.228 e. The molecule has 2 aromatic heterocycles. The molecule has 29 heavy (non-hydrogen) atoms. The van der Waals surface area contributed by atoms with Gasteiger partial charge in [-0.25, -0.2) is 13.8 Å². The number of hydrogen-bond donors (Lipinski definition) is 1. The molecule has 0 atom stereocenters. The Bertz CT molecular complexity index is 1020. The second-order valence-electron chi connectivity index (χ2n) is 7.82. The maximum atomic E-state index is 14.5. The Morgan fingerprint density at radius 3 is 2.38 bits per heavy atom. The number of anilines is 1. The van der Waals surface area contributed by atoms with E-state index in [1.807, 2.05) is 0 Å². The highest BCUT2D eigenvalue weighted by Gasteiger charge is 2.25. The van der Waals surface area contributed by atoms with Crippen LogP contribution in [0.2, 0.25) is 5.02 Å². The standard InChI is InChI=1S/C20H23ClF2N6/c1-11-8-15(22)17(16(23)9-11)18-26-19-14(21)10-24-29(19)20(27-18)25-12-4-6-13(7-5-12)28(2)3/h8-10,12-13H,4-7H2,1-3H3,(H,25,26,27). The molecule has 9 heteroatoms. The minimum absolute atomic E-state index is 0.0561. The maximum absolute atomic E-state index is 14.5. The van der Waals surface area contributed by atoms with Crippen LogP contribution in [0.5, 0.6) is 0 Å². The van der Waals surface area contributed by atoms with Crippen molar-refractivity contribution in [3.05, 3.63) is 40.6 Å². The smallest absolute Gasteiger partial charge is 0.228 e. The van der Waals surface area contributed by atoms with Crippen molar-refractivity contribution < 1.29 is 8.78 Å². The number of nitrogens with zero attached hydrogens (tertiary/aromatic N) is 5. The van der Waals surface area contributed by atoms with Crippen molar-refractivity contribution in [1.29, 1.82) is 0 Å². The van der Waals surface area contributed by atoms with Crippen LogP contribution in [0.15, 0.2) is 18.3 Å². The van der Waals surface area contributed by atoms with E-state index in [0.29, 0.717) is 28.2 Å². The lowest BCUT2D eigenvalue weighted by Crippen LogP contribution is -2.36. The van der Waals surface area contributed by atoms with Crippen LogP contribution in [-0.2, 0) is 0 Å². The van der Waals surface area contributed by atoms with Crippen LogP contribution in [-0.4, -0.2) is 50.7 Å². The molecule has 1 aliphatic carbocycles. The molecule has 0 bridgehead atoms. The Hall–Kier alpha value is -2.32. The van der Waals surface area contributed by atoms with E-state index in [0.717, 1.165) is 25.7 Å².